The summed E-state index contributed by atoms with van der Waals surface area (Å²) in [6.07, 6.45) is 7.43. The molecule has 0 spiro atoms. The molecule has 1 saturated heterocycles. The summed E-state index contributed by atoms with van der Waals surface area (Å²) >= 11 is 0. The van der Waals surface area contributed by atoms with Crippen molar-refractivity contribution >= 4 is 23.1 Å². The van der Waals surface area contributed by atoms with Gasteiger partial charge in [0.2, 0.25) is 0 Å². The Labute approximate surface area is 204 Å². The zero-order valence-electron chi connectivity index (χ0n) is 20.1. The van der Waals surface area contributed by atoms with Crippen molar-refractivity contribution in [2.24, 2.45) is 11.7 Å². The predicted molar refractivity (Wildman–Crippen MR) is 137 cm³/mol. The van der Waals surface area contributed by atoms with E-state index in [2.05, 4.69) is 15.3 Å². The summed E-state index contributed by atoms with van der Waals surface area (Å²) in [5, 5.41) is 3.38. The molecule has 35 heavy (non-hydrogen) atoms. The minimum absolute atomic E-state index is 0.0853. The van der Waals surface area contributed by atoms with Gasteiger partial charge in [-0.3, -0.25) is 9.20 Å². The predicted octanol–water partition coefficient (Wildman–Crippen LogP) is 4.27. The van der Waals surface area contributed by atoms with E-state index < -0.39 is 0 Å². The molecule has 0 bridgehead atoms. The number of amides is 1. The smallest absolute Gasteiger partial charge is 0.254 e. The lowest BCUT2D eigenvalue weighted by molar-refractivity contribution is 0.0692. The van der Waals surface area contributed by atoms with Gasteiger partial charge in [0.05, 0.1) is 19.0 Å². The van der Waals surface area contributed by atoms with Gasteiger partial charge in [0.25, 0.3) is 5.91 Å². The fraction of sp³-hybridized carbons (Fsp3) is 0.296. The fourth-order valence-electron chi connectivity index (χ4n) is 4.64. The number of anilines is 2. The molecule has 1 aliphatic heterocycles. The summed E-state index contributed by atoms with van der Waals surface area (Å²) in [5.41, 5.74) is 11.0. The lowest BCUT2D eigenvalue weighted by atomic mass is 9.96. The third-order valence-electron chi connectivity index (χ3n) is 6.77. The Bertz CT molecular complexity index is 1340. The number of hydrogen-bond donors (Lipinski definition) is 2. The number of ether oxygens (including phenoxy) is 1. The number of carbonyl (C=O) groups is 1. The molecule has 2 aromatic carbocycles. The molecule has 3 N–H and O–H groups in total. The van der Waals surface area contributed by atoms with Crippen LogP contribution in [0.5, 0.6) is 5.75 Å². The van der Waals surface area contributed by atoms with Gasteiger partial charge in [0, 0.05) is 42.3 Å². The van der Waals surface area contributed by atoms with Crippen LogP contribution < -0.4 is 15.8 Å². The Morgan fingerprint density at radius 2 is 1.91 bits per heavy atom. The number of nitrogens with zero attached hydrogens (tertiary/aromatic N) is 4. The average Bonchev–Trinajstić information content (AvgIpc) is 3.34. The van der Waals surface area contributed by atoms with Crippen LogP contribution >= 0.6 is 0 Å². The van der Waals surface area contributed by atoms with E-state index in [9.17, 15) is 4.79 Å². The molecular formula is C27H30N6O2. The Hall–Kier alpha value is -3.91. The number of fused-ring (bicyclic) bond motifs is 1. The van der Waals surface area contributed by atoms with Crippen molar-refractivity contribution in [2.75, 3.05) is 32.1 Å². The highest BCUT2D eigenvalue weighted by atomic mass is 16.5. The molecular weight excluding hydrogens is 440 g/mol. The van der Waals surface area contributed by atoms with Gasteiger partial charge in [0.1, 0.15) is 5.75 Å². The van der Waals surface area contributed by atoms with E-state index in [0.717, 1.165) is 65.4 Å². The van der Waals surface area contributed by atoms with Crippen molar-refractivity contribution < 1.29 is 9.53 Å². The van der Waals surface area contributed by atoms with Crippen molar-refractivity contribution in [3.63, 3.8) is 0 Å². The number of aryl methyl sites for hydroxylation is 1. The SMILES string of the molecule is COc1ccc(-c2cnc3c(Nc4ccc(C(=O)N5CCC(CN)CC5)c(C)c4)nccn23)cc1. The minimum atomic E-state index is 0.0853. The number of carbonyl (C=O) groups excluding carboxylic acids is 1. The molecule has 0 unspecified atom stereocenters. The first-order chi connectivity index (χ1) is 17.1. The summed E-state index contributed by atoms with van der Waals surface area (Å²) in [7, 11) is 1.65. The topological polar surface area (TPSA) is 97.8 Å². The lowest BCUT2D eigenvalue weighted by Gasteiger charge is -2.31. The molecule has 180 valence electrons. The van der Waals surface area contributed by atoms with Crippen molar-refractivity contribution in [1.29, 1.82) is 0 Å². The largest absolute Gasteiger partial charge is 0.497 e. The van der Waals surface area contributed by atoms with Crippen LogP contribution in [-0.2, 0) is 0 Å². The van der Waals surface area contributed by atoms with Crippen molar-refractivity contribution in [3.05, 3.63) is 72.2 Å². The monoisotopic (exact) mass is 470 g/mol. The van der Waals surface area contributed by atoms with Gasteiger partial charge in [-0.05, 0) is 80.3 Å². The normalized spacial score (nSPS) is 14.3. The molecule has 0 aliphatic carbocycles. The summed E-state index contributed by atoms with van der Waals surface area (Å²) in [5.74, 6) is 2.07. The van der Waals surface area contributed by atoms with Gasteiger partial charge < -0.3 is 20.7 Å². The van der Waals surface area contributed by atoms with E-state index >= 15 is 0 Å². The highest BCUT2D eigenvalue weighted by Crippen LogP contribution is 2.28. The molecule has 0 atom stereocenters. The van der Waals surface area contributed by atoms with Crippen LogP contribution in [-0.4, -0.2) is 51.9 Å². The molecule has 1 aliphatic rings. The number of likely N-dealkylation sites (tertiary alicyclic amines) is 1. The van der Waals surface area contributed by atoms with E-state index in [1.54, 1.807) is 13.3 Å². The maximum atomic E-state index is 13.1. The van der Waals surface area contributed by atoms with Crippen LogP contribution in [0.1, 0.15) is 28.8 Å². The molecule has 5 rings (SSSR count). The molecule has 8 heteroatoms. The molecule has 2 aromatic heterocycles. The van der Waals surface area contributed by atoms with E-state index in [0.29, 0.717) is 18.3 Å². The van der Waals surface area contributed by atoms with Gasteiger partial charge >= 0.3 is 0 Å². The van der Waals surface area contributed by atoms with Gasteiger partial charge in [-0.2, -0.15) is 0 Å². The van der Waals surface area contributed by atoms with E-state index in [1.165, 1.54) is 0 Å². The lowest BCUT2D eigenvalue weighted by Crippen LogP contribution is -2.40. The minimum Gasteiger partial charge on any atom is -0.497 e. The van der Waals surface area contributed by atoms with Crippen LogP contribution in [0.25, 0.3) is 16.9 Å². The highest BCUT2D eigenvalue weighted by molar-refractivity contribution is 5.96. The first-order valence-corrected chi connectivity index (χ1v) is 11.9. The number of piperidine rings is 1. The summed E-state index contributed by atoms with van der Waals surface area (Å²) in [6, 6.07) is 13.7. The molecule has 8 nitrogen and oxygen atoms in total. The number of imidazole rings is 1. The highest BCUT2D eigenvalue weighted by Gasteiger charge is 2.24. The quantitative estimate of drug-likeness (QED) is 0.437. The third-order valence-corrected chi connectivity index (χ3v) is 6.77. The Balaban J connectivity index is 1.36. The fourth-order valence-corrected chi connectivity index (χ4v) is 4.64. The number of methoxy groups -OCH3 is 1. The Morgan fingerprint density at radius 3 is 2.60 bits per heavy atom. The van der Waals surface area contributed by atoms with Crippen LogP contribution in [0.15, 0.2) is 61.1 Å². The Kier molecular flexibility index (Phi) is 6.37. The molecule has 0 radical (unpaired) electrons. The molecule has 4 aromatic rings. The Morgan fingerprint density at radius 1 is 1.14 bits per heavy atom. The molecule has 1 fully saturated rings. The van der Waals surface area contributed by atoms with E-state index in [1.807, 2.05) is 71.1 Å². The standard InChI is InChI=1S/C27H30N6O2/c1-18-15-21(5-8-23(18)27(34)32-12-9-19(16-28)10-13-32)31-25-26-30-17-24(33(26)14-11-29-25)20-3-6-22(35-2)7-4-20/h3-8,11,14-15,17,19H,9-10,12-13,16,28H2,1-2H3,(H,29,31). The second-order valence-electron chi connectivity index (χ2n) is 8.97. The number of benzene rings is 2. The van der Waals surface area contributed by atoms with E-state index in [4.69, 9.17) is 10.5 Å². The van der Waals surface area contributed by atoms with Crippen LogP contribution in [0.4, 0.5) is 11.5 Å². The summed E-state index contributed by atoms with van der Waals surface area (Å²) in [6.45, 7) is 4.20. The maximum Gasteiger partial charge on any atom is 0.254 e. The van der Waals surface area contributed by atoms with Crippen molar-refractivity contribution in [1.82, 2.24) is 19.3 Å². The zero-order valence-corrected chi connectivity index (χ0v) is 20.1. The first-order valence-electron chi connectivity index (χ1n) is 11.9. The van der Waals surface area contributed by atoms with Crippen LogP contribution in [0, 0.1) is 12.8 Å². The second kappa shape index (κ2) is 9.76. The van der Waals surface area contributed by atoms with Crippen LogP contribution in [0.3, 0.4) is 0 Å². The number of rotatable bonds is 6. The number of nitrogens with two attached hydrogens (primary N) is 1. The van der Waals surface area contributed by atoms with Gasteiger partial charge in [0.15, 0.2) is 11.5 Å². The number of hydrogen-bond acceptors (Lipinski definition) is 6. The number of aromatic nitrogens is 3. The van der Waals surface area contributed by atoms with Crippen molar-refractivity contribution in [2.45, 2.75) is 19.8 Å². The number of nitrogens with one attached hydrogen (secondary N) is 1. The summed E-state index contributed by atoms with van der Waals surface area (Å²) in [4.78, 5) is 24.1. The first kappa shape index (κ1) is 22.9. The molecule has 1 amide bonds. The van der Waals surface area contributed by atoms with Gasteiger partial charge in [-0.1, -0.05) is 0 Å². The average molecular weight is 471 g/mol. The maximum absolute atomic E-state index is 13.1. The summed E-state index contributed by atoms with van der Waals surface area (Å²) < 4.78 is 7.27. The molecule has 3 heterocycles. The zero-order chi connectivity index (χ0) is 24.4. The van der Waals surface area contributed by atoms with Crippen molar-refractivity contribution in [3.8, 4) is 17.0 Å². The van der Waals surface area contributed by atoms with Crippen LogP contribution in [0.2, 0.25) is 0 Å². The van der Waals surface area contributed by atoms with Gasteiger partial charge in [-0.25, -0.2) is 9.97 Å². The van der Waals surface area contributed by atoms with Gasteiger partial charge in [-0.15, -0.1) is 0 Å². The van der Waals surface area contributed by atoms with E-state index in [-0.39, 0.29) is 5.91 Å². The second-order valence-corrected chi connectivity index (χ2v) is 8.97. The third kappa shape index (κ3) is 4.57. The molecule has 0 saturated carbocycles.